The summed E-state index contributed by atoms with van der Waals surface area (Å²) in [5.41, 5.74) is 6.33. The summed E-state index contributed by atoms with van der Waals surface area (Å²) in [6.45, 7) is 5.53. The van der Waals surface area contributed by atoms with Crippen LogP contribution >= 0.6 is 22.6 Å². The van der Waals surface area contributed by atoms with E-state index in [4.69, 9.17) is 10.5 Å². The van der Waals surface area contributed by atoms with Crippen molar-refractivity contribution in [3.05, 3.63) is 27.3 Å². The molecule has 0 fully saturated rings. The largest absolute Gasteiger partial charge is 0.456 e. The van der Waals surface area contributed by atoms with Gasteiger partial charge in [0.15, 0.2) is 0 Å². The number of nitrogens with two attached hydrogens (primary N) is 1. The molecule has 0 saturated heterocycles. The van der Waals surface area contributed by atoms with Gasteiger partial charge in [-0.05, 0) is 61.6 Å². The van der Waals surface area contributed by atoms with Gasteiger partial charge in [-0.15, -0.1) is 0 Å². The SMILES string of the molecule is CC(C)(C)OC(=O)c1ccc(N)cc1I. The van der Waals surface area contributed by atoms with Gasteiger partial charge < -0.3 is 10.5 Å². The number of ether oxygens (including phenoxy) is 1. The first-order valence-electron chi connectivity index (χ1n) is 4.58. The number of hydrogen-bond donors (Lipinski definition) is 1. The van der Waals surface area contributed by atoms with E-state index in [-0.39, 0.29) is 5.97 Å². The minimum absolute atomic E-state index is 0.313. The first kappa shape index (κ1) is 12.3. The summed E-state index contributed by atoms with van der Waals surface area (Å²) in [5, 5.41) is 0. The van der Waals surface area contributed by atoms with Gasteiger partial charge in [0.05, 0.1) is 5.56 Å². The molecule has 4 heteroatoms. The fourth-order valence-electron chi connectivity index (χ4n) is 1.03. The van der Waals surface area contributed by atoms with Crippen molar-refractivity contribution in [2.75, 3.05) is 5.73 Å². The highest BCUT2D eigenvalue weighted by molar-refractivity contribution is 14.1. The highest BCUT2D eigenvalue weighted by Crippen LogP contribution is 2.19. The Kier molecular flexibility index (Phi) is 3.59. The molecule has 0 radical (unpaired) electrons. The molecule has 0 heterocycles. The number of rotatable bonds is 1. The van der Waals surface area contributed by atoms with E-state index in [2.05, 4.69) is 22.6 Å². The molecule has 0 unspecified atom stereocenters. The second-order valence-corrected chi connectivity index (χ2v) is 5.40. The lowest BCUT2D eigenvalue weighted by molar-refractivity contribution is 0.00684. The monoisotopic (exact) mass is 319 g/mol. The van der Waals surface area contributed by atoms with Crippen LogP contribution in [0.25, 0.3) is 0 Å². The molecule has 1 aromatic rings. The zero-order valence-corrected chi connectivity index (χ0v) is 11.2. The zero-order chi connectivity index (χ0) is 11.6. The fraction of sp³-hybridized carbons (Fsp3) is 0.364. The zero-order valence-electron chi connectivity index (χ0n) is 9.00. The van der Waals surface area contributed by atoms with Gasteiger partial charge in [0.1, 0.15) is 5.60 Å². The number of carbonyl (C=O) groups is 1. The Hall–Kier alpha value is -0.780. The molecule has 82 valence electrons. The molecule has 2 N–H and O–H groups in total. The summed E-state index contributed by atoms with van der Waals surface area (Å²) >= 11 is 2.07. The van der Waals surface area contributed by atoms with E-state index in [0.29, 0.717) is 11.3 Å². The number of benzene rings is 1. The summed E-state index contributed by atoms with van der Waals surface area (Å²) in [5.74, 6) is -0.313. The van der Waals surface area contributed by atoms with Crippen molar-refractivity contribution in [1.82, 2.24) is 0 Å². The van der Waals surface area contributed by atoms with Crippen LogP contribution in [-0.2, 0) is 4.74 Å². The van der Waals surface area contributed by atoms with Crippen LogP contribution in [0.3, 0.4) is 0 Å². The van der Waals surface area contributed by atoms with Crippen molar-refractivity contribution in [2.45, 2.75) is 26.4 Å². The number of halogens is 1. The van der Waals surface area contributed by atoms with Gasteiger partial charge in [-0.3, -0.25) is 0 Å². The topological polar surface area (TPSA) is 52.3 Å². The Morgan fingerprint density at radius 2 is 2.00 bits per heavy atom. The predicted molar refractivity (Wildman–Crippen MR) is 68.7 cm³/mol. The Balaban J connectivity index is 2.92. The first-order chi connectivity index (χ1) is 6.79. The van der Waals surface area contributed by atoms with Crippen molar-refractivity contribution < 1.29 is 9.53 Å². The number of hydrogen-bond acceptors (Lipinski definition) is 3. The minimum Gasteiger partial charge on any atom is -0.456 e. The Morgan fingerprint density at radius 1 is 1.40 bits per heavy atom. The van der Waals surface area contributed by atoms with Gasteiger partial charge in [-0.1, -0.05) is 0 Å². The van der Waals surface area contributed by atoms with Crippen molar-refractivity contribution in [1.29, 1.82) is 0 Å². The molecule has 0 atom stereocenters. The van der Waals surface area contributed by atoms with Gasteiger partial charge in [0, 0.05) is 9.26 Å². The summed E-state index contributed by atoms with van der Waals surface area (Å²) < 4.78 is 6.07. The molecule has 1 rings (SSSR count). The van der Waals surface area contributed by atoms with Crippen LogP contribution in [0.4, 0.5) is 5.69 Å². The van der Waals surface area contributed by atoms with E-state index in [1.54, 1.807) is 18.2 Å². The summed E-state index contributed by atoms with van der Waals surface area (Å²) in [4.78, 5) is 11.7. The van der Waals surface area contributed by atoms with Crippen molar-refractivity contribution >= 4 is 34.2 Å². The van der Waals surface area contributed by atoms with Crippen molar-refractivity contribution in [3.8, 4) is 0 Å². The van der Waals surface area contributed by atoms with Crippen LogP contribution in [0.15, 0.2) is 18.2 Å². The van der Waals surface area contributed by atoms with E-state index in [1.807, 2.05) is 20.8 Å². The maximum absolute atomic E-state index is 11.7. The normalized spacial score (nSPS) is 11.2. The fourth-order valence-corrected chi connectivity index (χ4v) is 1.79. The molecule has 0 spiro atoms. The number of anilines is 1. The third kappa shape index (κ3) is 3.70. The van der Waals surface area contributed by atoms with Crippen LogP contribution in [0.2, 0.25) is 0 Å². The molecular weight excluding hydrogens is 305 g/mol. The lowest BCUT2D eigenvalue weighted by Crippen LogP contribution is -2.24. The smallest absolute Gasteiger partial charge is 0.339 e. The molecule has 0 amide bonds. The van der Waals surface area contributed by atoms with E-state index in [9.17, 15) is 4.79 Å². The van der Waals surface area contributed by atoms with Crippen LogP contribution in [0, 0.1) is 3.57 Å². The summed E-state index contributed by atoms with van der Waals surface area (Å²) in [6, 6.07) is 5.13. The summed E-state index contributed by atoms with van der Waals surface area (Å²) in [7, 11) is 0. The third-order valence-corrected chi connectivity index (χ3v) is 2.50. The maximum Gasteiger partial charge on any atom is 0.339 e. The van der Waals surface area contributed by atoms with Crippen LogP contribution in [0.1, 0.15) is 31.1 Å². The molecule has 0 bridgehead atoms. The molecule has 0 saturated carbocycles. The van der Waals surface area contributed by atoms with Gasteiger partial charge in [0.2, 0.25) is 0 Å². The quantitative estimate of drug-likeness (QED) is 0.492. The Labute approximate surface area is 103 Å². The van der Waals surface area contributed by atoms with Gasteiger partial charge in [-0.2, -0.15) is 0 Å². The van der Waals surface area contributed by atoms with Gasteiger partial charge in [0.25, 0.3) is 0 Å². The molecule has 0 aliphatic heterocycles. The van der Waals surface area contributed by atoms with Gasteiger partial charge in [-0.25, -0.2) is 4.79 Å². The number of nitrogen functional groups attached to an aromatic ring is 1. The molecule has 0 aliphatic carbocycles. The number of esters is 1. The average Bonchev–Trinajstić information content (AvgIpc) is 1.99. The minimum atomic E-state index is -0.471. The highest BCUT2D eigenvalue weighted by Gasteiger charge is 2.19. The number of carbonyl (C=O) groups excluding carboxylic acids is 1. The molecule has 3 nitrogen and oxygen atoms in total. The third-order valence-electron chi connectivity index (χ3n) is 1.61. The molecule has 15 heavy (non-hydrogen) atoms. The molecule has 1 aromatic carbocycles. The second-order valence-electron chi connectivity index (χ2n) is 4.24. The molecule has 0 aromatic heterocycles. The lowest BCUT2D eigenvalue weighted by Gasteiger charge is -2.19. The van der Waals surface area contributed by atoms with E-state index < -0.39 is 5.60 Å². The van der Waals surface area contributed by atoms with Crippen LogP contribution in [0.5, 0.6) is 0 Å². The van der Waals surface area contributed by atoms with E-state index >= 15 is 0 Å². The van der Waals surface area contributed by atoms with Gasteiger partial charge >= 0.3 is 5.97 Å². The second kappa shape index (κ2) is 4.38. The summed E-state index contributed by atoms with van der Waals surface area (Å²) in [6.07, 6.45) is 0. The van der Waals surface area contributed by atoms with E-state index in [0.717, 1.165) is 3.57 Å². The lowest BCUT2D eigenvalue weighted by atomic mass is 10.1. The van der Waals surface area contributed by atoms with E-state index in [1.165, 1.54) is 0 Å². The average molecular weight is 319 g/mol. The van der Waals surface area contributed by atoms with Crippen LogP contribution < -0.4 is 5.73 Å². The Bertz CT molecular complexity index is 383. The molecular formula is C11H14INO2. The standard InChI is InChI=1S/C11H14INO2/c1-11(2,3)15-10(14)8-5-4-7(13)6-9(8)12/h4-6H,13H2,1-3H3. The van der Waals surface area contributed by atoms with Crippen molar-refractivity contribution in [2.24, 2.45) is 0 Å². The predicted octanol–water partition coefficient (Wildman–Crippen LogP) is 2.83. The Morgan fingerprint density at radius 3 is 2.47 bits per heavy atom. The van der Waals surface area contributed by atoms with Crippen LogP contribution in [-0.4, -0.2) is 11.6 Å². The highest BCUT2D eigenvalue weighted by atomic mass is 127. The van der Waals surface area contributed by atoms with Crippen molar-refractivity contribution in [3.63, 3.8) is 0 Å². The first-order valence-corrected chi connectivity index (χ1v) is 5.66. The maximum atomic E-state index is 11.7. The molecule has 0 aliphatic rings.